The van der Waals surface area contributed by atoms with Gasteiger partial charge in [-0.2, -0.15) is 4.98 Å². The molecular weight excluding hydrogens is 414 g/mol. The Bertz CT molecular complexity index is 1190. The standard InChI is InChI=1S/C21H21N7O4/c22-19-18-20(24-13-23-18)26-17(25-19)3-1-2-14-8-10-27(11-9-14)21(29)32-12-15-4-6-16(7-5-15)28(30)31/h4-7,13-14H,2,8-12H2,(H3,22,23,24,25,26). The highest BCUT2D eigenvalue weighted by Gasteiger charge is 2.23. The molecular formula is C21H21N7O4. The number of rotatable bonds is 4. The fourth-order valence-electron chi connectivity index (χ4n) is 3.46. The van der Waals surface area contributed by atoms with E-state index in [2.05, 4.69) is 31.8 Å². The van der Waals surface area contributed by atoms with E-state index in [0.29, 0.717) is 53.8 Å². The molecule has 0 unspecified atom stereocenters. The molecule has 0 saturated carbocycles. The van der Waals surface area contributed by atoms with Crippen molar-refractivity contribution in [3.05, 3.63) is 52.1 Å². The zero-order valence-corrected chi connectivity index (χ0v) is 17.2. The predicted octanol–water partition coefficient (Wildman–Crippen LogP) is 2.63. The number of imidazole rings is 1. The summed E-state index contributed by atoms with van der Waals surface area (Å²) in [5, 5.41) is 10.7. The molecule has 164 valence electrons. The van der Waals surface area contributed by atoms with Gasteiger partial charge in [-0.15, -0.1) is 0 Å². The van der Waals surface area contributed by atoms with E-state index in [1.807, 2.05) is 0 Å². The quantitative estimate of drug-likeness (QED) is 0.360. The molecule has 1 amide bonds. The second-order valence-corrected chi connectivity index (χ2v) is 7.45. The Morgan fingerprint density at radius 2 is 2.03 bits per heavy atom. The third-order valence-electron chi connectivity index (χ3n) is 5.29. The molecule has 0 aliphatic carbocycles. The number of nitrogens with zero attached hydrogens (tertiary/aromatic N) is 5. The van der Waals surface area contributed by atoms with Crippen LogP contribution in [-0.4, -0.2) is 48.9 Å². The Kier molecular flexibility index (Phi) is 6.12. The van der Waals surface area contributed by atoms with Gasteiger partial charge >= 0.3 is 6.09 Å². The molecule has 11 nitrogen and oxygen atoms in total. The van der Waals surface area contributed by atoms with Crippen LogP contribution in [0.15, 0.2) is 30.6 Å². The average molecular weight is 435 g/mol. The lowest BCUT2D eigenvalue weighted by molar-refractivity contribution is -0.384. The minimum absolute atomic E-state index is 0.00182. The first-order chi connectivity index (χ1) is 15.5. The second kappa shape index (κ2) is 9.30. The van der Waals surface area contributed by atoms with Crippen LogP contribution in [0.3, 0.4) is 0 Å². The van der Waals surface area contributed by atoms with Crippen molar-refractivity contribution in [3.8, 4) is 11.8 Å². The molecule has 11 heteroatoms. The number of nitro benzene ring substituents is 1. The van der Waals surface area contributed by atoms with Gasteiger partial charge in [-0.25, -0.2) is 14.8 Å². The second-order valence-electron chi connectivity index (χ2n) is 7.45. The molecule has 32 heavy (non-hydrogen) atoms. The summed E-state index contributed by atoms with van der Waals surface area (Å²) in [5.41, 5.74) is 7.66. The van der Waals surface area contributed by atoms with Gasteiger partial charge in [-0.1, -0.05) is 5.92 Å². The van der Waals surface area contributed by atoms with Gasteiger partial charge in [0.15, 0.2) is 11.5 Å². The first kappa shape index (κ1) is 21.0. The number of aromatic nitrogens is 4. The number of amides is 1. The number of aromatic amines is 1. The number of benzene rings is 1. The van der Waals surface area contributed by atoms with Gasteiger partial charge in [0.05, 0.1) is 11.3 Å². The molecule has 1 fully saturated rings. The number of fused-ring (bicyclic) bond motifs is 1. The number of piperidine rings is 1. The SMILES string of the molecule is Nc1nc(C#CCC2CCN(C(=O)OCc3ccc([N+](=O)[O-])cc3)CC2)nc2nc[nH]c12. The van der Waals surface area contributed by atoms with Crippen LogP contribution in [0, 0.1) is 27.9 Å². The largest absolute Gasteiger partial charge is 0.445 e. The summed E-state index contributed by atoms with van der Waals surface area (Å²) in [5.74, 6) is 7.08. The molecule has 4 rings (SSSR count). The highest BCUT2D eigenvalue weighted by molar-refractivity contribution is 5.81. The highest BCUT2D eigenvalue weighted by atomic mass is 16.6. The van der Waals surface area contributed by atoms with Crippen molar-refractivity contribution in [1.82, 2.24) is 24.8 Å². The van der Waals surface area contributed by atoms with Crippen molar-refractivity contribution >= 4 is 28.8 Å². The molecule has 1 aliphatic heterocycles. The first-order valence-electron chi connectivity index (χ1n) is 10.1. The van der Waals surface area contributed by atoms with Crippen LogP contribution in [0.25, 0.3) is 11.2 Å². The van der Waals surface area contributed by atoms with E-state index >= 15 is 0 Å². The predicted molar refractivity (Wildman–Crippen MR) is 115 cm³/mol. The third-order valence-corrected chi connectivity index (χ3v) is 5.29. The molecule has 0 atom stereocenters. The van der Waals surface area contributed by atoms with E-state index in [9.17, 15) is 14.9 Å². The number of nitrogens with two attached hydrogens (primary N) is 1. The maximum absolute atomic E-state index is 12.3. The minimum Gasteiger partial charge on any atom is -0.445 e. The Labute approximate surface area is 183 Å². The molecule has 2 aromatic heterocycles. The molecule has 1 aromatic carbocycles. The summed E-state index contributed by atoms with van der Waals surface area (Å²) in [6.07, 6.45) is 3.44. The van der Waals surface area contributed by atoms with E-state index in [4.69, 9.17) is 10.5 Å². The fraction of sp³-hybridized carbons (Fsp3) is 0.333. The van der Waals surface area contributed by atoms with Crippen molar-refractivity contribution < 1.29 is 14.5 Å². The Hall–Kier alpha value is -4.20. The van der Waals surface area contributed by atoms with Crippen molar-refractivity contribution in [3.63, 3.8) is 0 Å². The number of nitrogens with one attached hydrogen (secondary N) is 1. The number of likely N-dealkylation sites (tertiary alicyclic amines) is 1. The molecule has 1 saturated heterocycles. The number of ether oxygens (including phenoxy) is 1. The van der Waals surface area contributed by atoms with Crippen LogP contribution in [0.5, 0.6) is 0 Å². The topological polar surface area (TPSA) is 153 Å². The summed E-state index contributed by atoms with van der Waals surface area (Å²) in [4.78, 5) is 39.6. The van der Waals surface area contributed by atoms with Crippen LogP contribution in [-0.2, 0) is 11.3 Å². The number of anilines is 1. The molecule has 0 radical (unpaired) electrons. The lowest BCUT2D eigenvalue weighted by Gasteiger charge is -2.30. The number of nitro groups is 1. The van der Waals surface area contributed by atoms with Gasteiger partial charge in [-0.05, 0) is 42.4 Å². The number of H-pyrrole nitrogens is 1. The lowest BCUT2D eigenvalue weighted by Crippen LogP contribution is -2.38. The fourth-order valence-corrected chi connectivity index (χ4v) is 3.46. The zero-order chi connectivity index (χ0) is 22.5. The van der Waals surface area contributed by atoms with E-state index in [0.717, 1.165) is 12.8 Å². The number of nitrogen functional groups attached to an aromatic ring is 1. The number of hydrogen-bond donors (Lipinski definition) is 2. The summed E-state index contributed by atoms with van der Waals surface area (Å²) in [6.45, 7) is 1.26. The van der Waals surface area contributed by atoms with E-state index in [-0.39, 0.29) is 18.4 Å². The lowest BCUT2D eigenvalue weighted by atomic mass is 9.94. The van der Waals surface area contributed by atoms with Crippen LogP contribution >= 0.6 is 0 Å². The number of carbonyl (C=O) groups is 1. The van der Waals surface area contributed by atoms with Gasteiger partial charge in [0.2, 0.25) is 5.82 Å². The van der Waals surface area contributed by atoms with Gasteiger partial charge in [0.25, 0.3) is 5.69 Å². The summed E-state index contributed by atoms with van der Waals surface area (Å²) in [6, 6.07) is 5.94. The smallest absolute Gasteiger partial charge is 0.410 e. The maximum atomic E-state index is 12.3. The van der Waals surface area contributed by atoms with Crippen LogP contribution in [0.4, 0.5) is 16.3 Å². The van der Waals surface area contributed by atoms with Crippen molar-refractivity contribution in [1.29, 1.82) is 0 Å². The minimum atomic E-state index is -0.468. The van der Waals surface area contributed by atoms with Crippen molar-refractivity contribution in [2.24, 2.45) is 5.92 Å². The summed E-state index contributed by atoms with van der Waals surface area (Å²) >= 11 is 0. The normalized spacial score (nSPS) is 14.1. The van der Waals surface area contributed by atoms with E-state index in [1.54, 1.807) is 17.0 Å². The third kappa shape index (κ3) is 4.92. The van der Waals surface area contributed by atoms with Gasteiger partial charge < -0.3 is 20.4 Å². The molecule has 0 spiro atoms. The molecule has 3 N–H and O–H groups in total. The number of non-ortho nitro benzene ring substituents is 1. The number of hydrogen-bond acceptors (Lipinski definition) is 8. The van der Waals surface area contributed by atoms with Gasteiger partial charge in [-0.3, -0.25) is 10.1 Å². The summed E-state index contributed by atoms with van der Waals surface area (Å²) in [7, 11) is 0. The van der Waals surface area contributed by atoms with E-state index in [1.165, 1.54) is 18.5 Å². The Morgan fingerprint density at radius 1 is 1.28 bits per heavy atom. The highest BCUT2D eigenvalue weighted by Crippen LogP contribution is 2.21. The van der Waals surface area contributed by atoms with Crippen molar-refractivity contribution in [2.45, 2.75) is 25.9 Å². The van der Waals surface area contributed by atoms with Crippen molar-refractivity contribution in [2.75, 3.05) is 18.8 Å². The van der Waals surface area contributed by atoms with Gasteiger partial charge in [0.1, 0.15) is 12.1 Å². The van der Waals surface area contributed by atoms with Crippen LogP contribution in [0.1, 0.15) is 30.7 Å². The summed E-state index contributed by atoms with van der Waals surface area (Å²) < 4.78 is 5.33. The Morgan fingerprint density at radius 3 is 2.75 bits per heavy atom. The first-order valence-corrected chi connectivity index (χ1v) is 10.1. The van der Waals surface area contributed by atoms with Gasteiger partial charge in [0, 0.05) is 31.6 Å². The molecule has 3 aromatic rings. The van der Waals surface area contributed by atoms with Crippen LogP contribution < -0.4 is 5.73 Å². The maximum Gasteiger partial charge on any atom is 0.410 e. The number of carbonyl (C=O) groups excluding carboxylic acids is 1. The monoisotopic (exact) mass is 435 g/mol. The average Bonchev–Trinajstić information content (AvgIpc) is 3.27. The zero-order valence-electron chi connectivity index (χ0n) is 17.2. The van der Waals surface area contributed by atoms with Crippen LogP contribution in [0.2, 0.25) is 0 Å². The molecule has 3 heterocycles. The molecule has 0 bridgehead atoms. The molecule has 1 aliphatic rings. The Balaban J connectivity index is 1.23. The van der Waals surface area contributed by atoms with E-state index < -0.39 is 4.92 Å².